The van der Waals surface area contributed by atoms with Crippen molar-refractivity contribution in [3.8, 4) is 0 Å². The number of primary amides is 1. The van der Waals surface area contributed by atoms with E-state index in [0.717, 1.165) is 62.3 Å². The normalized spacial score (nSPS) is 21.9. The molecule has 3 aliphatic heterocycles. The van der Waals surface area contributed by atoms with Gasteiger partial charge in [-0.05, 0) is 57.8 Å². The van der Waals surface area contributed by atoms with Crippen molar-refractivity contribution in [3.05, 3.63) is 0 Å². The molecule has 0 bridgehead atoms. The van der Waals surface area contributed by atoms with Gasteiger partial charge in [-0.15, -0.1) is 0 Å². The number of nitrogens with two attached hydrogens (primary N) is 1. The highest BCUT2D eigenvalue weighted by molar-refractivity contribution is 5.80. The SMILES string of the molecule is CC(=O)NC1C(OCCCCC(=O)NCCCNC(=O)CCOCC(COCCC(N)=O)(COCCC(=O)NCCCNC(=O)CCCCOC2OC(COC(C)=O)C(OC(C)=O)C(OC(C)=O)C2NC(C)=O)COCCC(=O)NCCCNC(=O)CCCCOC2OC(COC(C)=O)C(OC(C)=O)C(OC(C)=O)C2NC(C)=O)OC(COC(C)=O)C(OC(C)=O)C1OC(C)=O. The molecule has 0 saturated carbocycles. The van der Waals surface area contributed by atoms with E-state index in [1.54, 1.807) is 0 Å². The van der Waals surface area contributed by atoms with Gasteiger partial charge in [-0.25, -0.2) is 0 Å². The minimum absolute atomic E-state index is 0.00974. The number of hydrogen-bond acceptors (Lipinski definition) is 38. The maximum absolute atomic E-state index is 13.1. The van der Waals surface area contributed by atoms with Crippen LogP contribution in [-0.2, 0) is 181 Å². The monoisotopic (exact) mass is 1880 g/mol. The molecule has 131 heavy (non-hydrogen) atoms. The van der Waals surface area contributed by atoms with Crippen LogP contribution in [-0.4, -0.2) is 336 Å². The average molecular weight is 1880 g/mol. The molecule has 15 unspecified atom stereocenters. The van der Waals surface area contributed by atoms with Crippen molar-refractivity contribution in [2.24, 2.45) is 11.1 Å². The molecule has 10 amide bonds. The highest BCUT2D eigenvalue weighted by Gasteiger charge is 2.55. The van der Waals surface area contributed by atoms with Gasteiger partial charge in [0.2, 0.25) is 59.1 Å². The van der Waals surface area contributed by atoms with Crippen LogP contribution in [0, 0.1) is 5.41 Å². The van der Waals surface area contributed by atoms with Gasteiger partial charge in [-0.2, -0.15) is 0 Å². The van der Waals surface area contributed by atoms with Crippen LogP contribution in [0.2, 0.25) is 0 Å². The quantitative estimate of drug-likeness (QED) is 0.0171. The van der Waals surface area contributed by atoms with Crippen molar-refractivity contribution in [1.82, 2.24) is 47.9 Å². The third kappa shape index (κ3) is 50.7. The summed E-state index contributed by atoms with van der Waals surface area (Å²) in [5, 5.41) is 24.5. The van der Waals surface area contributed by atoms with E-state index < -0.39 is 212 Å². The summed E-state index contributed by atoms with van der Waals surface area (Å²) in [6.07, 6.45) is -12.5. The zero-order chi connectivity index (χ0) is 97.4. The lowest BCUT2D eigenvalue weighted by Gasteiger charge is -2.44. The van der Waals surface area contributed by atoms with Crippen LogP contribution in [0.3, 0.4) is 0 Å². The fraction of sp³-hybridized carbons (Fsp3) is 0.771. The number of carbonyl (C=O) groups excluding carboxylic acids is 19. The summed E-state index contributed by atoms with van der Waals surface area (Å²) < 4.78 is 108. The van der Waals surface area contributed by atoms with Gasteiger partial charge in [0, 0.05) is 187 Å². The van der Waals surface area contributed by atoms with Gasteiger partial charge in [0.15, 0.2) is 55.5 Å². The first-order valence-electron chi connectivity index (χ1n) is 43.4. The molecule has 3 heterocycles. The maximum Gasteiger partial charge on any atom is 0.303 e. The van der Waals surface area contributed by atoms with Crippen LogP contribution >= 0.6 is 0 Å². The summed E-state index contributed by atoms with van der Waals surface area (Å²) in [5.41, 5.74) is 4.23. The van der Waals surface area contributed by atoms with Crippen LogP contribution in [0.25, 0.3) is 0 Å². The van der Waals surface area contributed by atoms with Gasteiger partial charge in [0.05, 0.1) is 58.3 Å². The maximum atomic E-state index is 13.1. The Morgan fingerprint density at radius 1 is 0.267 bits per heavy atom. The number of hydrogen-bond donors (Lipinski definition) is 10. The van der Waals surface area contributed by atoms with Crippen molar-refractivity contribution in [2.75, 3.05) is 132 Å². The molecule has 3 saturated heterocycles. The number of ether oxygens (including phenoxy) is 19. The van der Waals surface area contributed by atoms with Crippen molar-refractivity contribution >= 4 is 113 Å². The number of carbonyl (C=O) groups is 19. The Morgan fingerprint density at radius 2 is 0.489 bits per heavy atom. The Labute approximate surface area is 759 Å². The fourth-order valence-corrected chi connectivity index (χ4v) is 13.3. The Balaban J connectivity index is 1.58. The van der Waals surface area contributed by atoms with Crippen LogP contribution < -0.4 is 53.6 Å². The lowest BCUT2D eigenvalue weighted by molar-refractivity contribution is -0.277. The van der Waals surface area contributed by atoms with Gasteiger partial charge in [-0.3, -0.25) is 91.1 Å². The van der Waals surface area contributed by atoms with Crippen molar-refractivity contribution in [3.63, 3.8) is 0 Å². The Morgan fingerprint density at radius 3 is 0.702 bits per heavy atom. The molecule has 0 aromatic carbocycles. The summed E-state index contributed by atoms with van der Waals surface area (Å²) in [4.78, 5) is 235. The van der Waals surface area contributed by atoms with E-state index in [-0.39, 0.29) is 175 Å². The molecule has 3 aliphatic rings. The molecule has 48 nitrogen and oxygen atoms in total. The van der Waals surface area contributed by atoms with Crippen molar-refractivity contribution in [2.45, 2.75) is 278 Å². The number of rotatable bonds is 65. The van der Waals surface area contributed by atoms with Crippen LogP contribution in [0.4, 0.5) is 0 Å². The van der Waals surface area contributed by atoms with E-state index in [1.807, 2.05) is 0 Å². The largest absolute Gasteiger partial charge is 0.463 e. The first kappa shape index (κ1) is 115. The first-order chi connectivity index (χ1) is 62.2. The second-order valence-corrected chi connectivity index (χ2v) is 31.0. The molecule has 0 spiro atoms. The summed E-state index contributed by atoms with van der Waals surface area (Å²) >= 11 is 0. The highest BCUT2D eigenvalue weighted by Crippen LogP contribution is 2.32. The third-order valence-corrected chi connectivity index (χ3v) is 19.0. The van der Waals surface area contributed by atoms with Gasteiger partial charge in [0.25, 0.3) is 0 Å². The van der Waals surface area contributed by atoms with E-state index in [0.29, 0.717) is 57.8 Å². The molecule has 0 aromatic heterocycles. The molecule has 3 rings (SSSR count). The third-order valence-electron chi connectivity index (χ3n) is 19.0. The van der Waals surface area contributed by atoms with Crippen LogP contribution in [0.1, 0.15) is 186 Å². The molecule has 0 aliphatic carbocycles. The molecule has 15 atom stereocenters. The zero-order valence-electron chi connectivity index (χ0n) is 76.7. The predicted molar refractivity (Wildman–Crippen MR) is 447 cm³/mol. The Kier molecular flexibility index (Phi) is 56.4. The molecule has 0 radical (unpaired) electrons. The zero-order valence-corrected chi connectivity index (χ0v) is 76.7. The summed E-state index contributed by atoms with van der Waals surface area (Å²) in [6, 6.07) is -3.50. The lowest BCUT2D eigenvalue weighted by Crippen LogP contribution is -2.66. The molecule has 744 valence electrons. The van der Waals surface area contributed by atoms with Crippen molar-refractivity contribution in [1.29, 1.82) is 0 Å². The number of amides is 10. The Hall–Kier alpha value is -10.5. The van der Waals surface area contributed by atoms with E-state index in [4.69, 9.17) is 95.7 Å². The standard InChI is InChI=1S/C83H134N10O38/c1-49(94)91-71-77(126-58(10)103)74(123-55(7)100)61(42-120-52(4)97)129-80(71)117-35-16-13-22-65(107)85-29-19-32-88-68(110)26-39-114-46-83(45-113-38-25-64(84)106,47-115-40-27-69(111)89-33-20-30-86-66(108)23-14-17-36-118-81-72(92-50(2)95)78(127-59(11)104)75(124-56(8)101)62(130-81)43-121-53(5)98)48-116-41-28-70(112)90-34-21-31-87-67(109)24-15-18-37-119-82-73(93-51(3)96)79(128-60(12)105)76(125-57(9)102)63(131-82)44-122-54(6)99/h61-63,71-82H,13-48H2,1-12H3,(H2,84,106)(H,85,107)(H,86,108)(H,87,109)(H,88,110)(H,89,111)(H,90,112)(H,91,94)(H,92,95)(H,93,96). The van der Waals surface area contributed by atoms with Crippen molar-refractivity contribution < 1.29 is 181 Å². The number of esters is 9. The van der Waals surface area contributed by atoms with E-state index >= 15 is 0 Å². The first-order valence-corrected chi connectivity index (χ1v) is 43.4. The molecule has 11 N–H and O–H groups in total. The minimum Gasteiger partial charge on any atom is -0.463 e. The smallest absolute Gasteiger partial charge is 0.303 e. The minimum atomic E-state index is -1.31. The van der Waals surface area contributed by atoms with Gasteiger partial charge < -0.3 is 144 Å². The molecule has 3 fully saturated rings. The molecular formula is C83H134N10O38. The fourth-order valence-electron chi connectivity index (χ4n) is 13.3. The summed E-state index contributed by atoms with van der Waals surface area (Å²) in [5.74, 6) is -11.0. The average Bonchev–Trinajstić information content (AvgIpc) is 0.795. The van der Waals surface area contributed by atoms with Crippen LogP contribution in [0.5, 0.6) is 0 Å². The van der Waals surface area contributed by atoms with Gasteiger partial charge in [-0.1, -0.05) is 0 Å². The van der Waals surface area contributed by atoms with Gasteiger partial charge >= 0.3 is 53.7 Å². The van der Waals surface area contributed by atoms with Crippen LogP contribution in [0.15, 0.2) is 0 Å². The molecule has 48 heteroatoms. The topological polar surface area (TPSA) is 634 Å². The summed E-state index contributed by atoms with van der Waals surface area (Å²) in [6.45, 7) is 12.4. The molecule has 0 aromatic rings. The second-order valence-electron chi connectivity index (χ2n) is 31.0. The predicted octanol–water partition coefficient (Wildman–Crippen LogP) is -2.52. The highest BCUT2D eigenvalue weighted by atomic mass is 16.7. The van der Waals surface area contributed by atoms with Gasteiger partial charge in [0.1, 0.15) is 56.3 Å². The number of unbranched alkanes of at least 4 members (excludes halogenated alkanes) is 3. The number of nitrogens with one attached hydrogen (secondary N) is 9. The lowest BCUT2D eigenvalue weighted by atomic mass is 9.92. The Bertz CT molecular complexity index is 3330. The van der Waals surface area contributed by atoms with E-state index in [2.05, 4.69) is 47.9 Å². The molecular weight excluding hydrogens is 1740 g/mol. The van der Waals surface area contributed by atoms with E-state index in [9.17, 15) is 91.1 Å². The van der Waals surface area contributed by atoms with E-state index in [1.165, 1.54) is 20.8 Å². The summed E-state index contributed by atoms with van der Waals surface area (Å²) in [7, 11) is 0. The second kappa shape index (κ2) is 64.4.